The van der Waals surface area contributed by atoms with E-state index < -0.39 is 0 Å². The van der Waals surface area contributed by atoms with Crippen LogP contribution in [-0.4, -0.2) is 5.11 Å². The molecule has 0 saturated carbocycles. The van der Waals surface area contributed by atoms with Gasteiger partial charge < -0.3 is 5.11 Å². The lowest BCUT2D eigenvalue weighted by molar-refractivity contribution is 0.491. The van der Waals surface area contributed by atoms with Crippen molar-refractivity contribution >= 4 is 22.9 Å². The van der Waals surface area contributed by atoms with Gasteiger partial charge in [-0.25, -0.2) is 0 Å². The molecule has 1 heterocycles. The first-order valence-electron chi connectivity index (χ1n) is 1.73. The van der Waals surface area contributed by atoms with E-state index in [1.165, 1.54) is 0 Å². The highest BCUT2D eigenvalue weighted by molar-refractivity contribution is 7.17. The summed E-state index contributed by atoms with van der Waals surface area (Å²) in [5.41, 5.74) is 0. The number of aromatic hydroxyl groups is 1. The molecule has 1 aromatic heterocycles. The van der Waals surface area contributed by atoms with Crippen LogP contribution in [0.15, 0.2) is 12.1 Å². The van der Waals surface area contributed by atoms with Crippen LogP contribution in [0.4, 0.5) is 0 Å². The highest BCUT2D eigenvalue weighted by Gasteiger charge is 1.89. The zero-order chi connectivity index (χ0) is 5.28. The third-order valence-corrected chi connectivity index (χ3v) is 1.59. The maximum Gasteiger partial charge on any atom is 0.172 e. The molecular formula is C4H3ClOS. The second-order valence-corrected chi connectivity index (χ2v) is 2.77. The molecule has 0 atom stereocenters. The van der Waals surface area contributed by atoms with Gasteiger partial charge in [0.2, 0.25) is 0 Å². The van der Waals surface area contributed by atoms with Gasteiger partial charge in [-0.1, -0.05) is 22.9 Å². The maximum absolute atomic E-state index is 8.59. The molecule has 1 aromatic rings. The van der Waals surface area contributed by atoms with Gasteiger partial charge in [-0.3, -0.25) is 0 Å². The fraction of sp³-hybridized carbons (Fsp3) is 0. The number of rotatable bonds is 0. The van der Waals surface area contributed by atoms with Crippen LogP contribution in [0.3, 0.4) is 0 Å². The standard InChI is InChI=1S/C4H3ClOS/c5-3-1-2-4(6)7-3/h1-2,6H. The molecule has 0 aliphatic carbocycles. The summed E-state index contributed by atoms with van der Waals surface area (Å²) in [7, 11) is 0. The normalized spacial score (nSPS) is 9.29. The SMILES string of the molecule is Oc1ccc(Cl)s1. The van der Waals surface area contributed by atoms with Gasteiger partial charge in [0.05, 0.1) is 4.34 Å². The summed E-state index contributed by atoms with van der Waals surface area (Å²) < 4.78 is 0.623. The number of thiophene rings is 1. The maximum atomic E-state index is 8.59. The quantitative estimate of drug-likeness (QED) is 0.576. The first-order chi connectivity index (χ1) is 3.29. The first-order valence-corrected chi connectivity index (χ1v) is 2.93. The molecular weight excluding hydrogens is 132 g/mol. The summed E-state index contributed by atoms with van der Waals surface area (Å²) in [6, 6.07) is 3.22. The van der Waals surface area contributed by atoms with Crippen LogP contribution in [0.1, 0.15) is 0 Å². The first kappa shape index (κ1) is 4.94. The van der Waals surface area contributed by atoms with Gasteiger partial charge in [-0.2, -0.15) is 0 Å². The van der Waals surface area contributed by atoms with E-state index in [9.17, 15) is 0 Å². The van der Waals surface area contributed by atoms with Crippen LogP contribution >= 0.6 is 22.9 Å². The molecule has 7 heavy (non-hydrogen) atoms. The van der Waals surface area contributed by atoms with Crippen molar-refractivity contribution in [2.24, 2.45) is 0 Å². The van der Waals surface area contributed by atoms with E-state index in [-0.39, 0.29) is 5.06 Å². The molecule has 0 unspecified atom stereocenters. The Morgan fingerprint density at radius 3 is 2.43 bits per heavy atom. The number of halogens is 1. The van der Waals surface area contributed by atoms with Crippen molar-refractivity contribution in [1.82, 2.24) is 0 Å². The molecule has 1 rings (SSSR count). The van der Waals surface area contributed by atoms with Crippen LogP contribution < -0.4 is 0 Å². The number of hydrogen-bond donors (Lipinski definition) is 1. The Balaban J connectivity index is 3.04. The Morgan fingerprint density at radius 2 is 2.29 bits per heavy atom. The minimum Gasteiger partial charge on any atom is -0.499 e. The molecule has 0 saturated heterocycles. The van der Waals surface area contributed by atoms with Crippen LogP contribution in [0, 0.1) is 0 Å². The van der Waals surface area contributed by atoms with Crippen molar-refractivity contribution in [2.45, 2.75) is 0 Å². The molecule has 0 amide bonds. The Bertz CT molecular complexity index is 144. The third kappa shape index (κ3) is 1.08. The molecule has 0 aromatic carbocycles. The third-order valence-electron chi connectivity index (χ3n) is 0.559. The fourth-order valence-electron chi connectivity index (χ4n) is 0.305. The van der Waals surface area contributed by atoms with E-state index in [0.29, 0.717) is 4.34 Å². The molecule has 0 fully saturated rings. The van der Waals surface area contributed by atoms with Crippen molar-refractivity contribution in [3.63, 3.8) is 0 Å². The molecule has 0 spiro atoms. The van der Waals surface area contributed by atoms with Crippen molar-refractivity contribution in [1.29, 1.82) is 0 Å². The smallest absolute Gasteiger partial charge is 0.172 e. The van der Waals surface area contributed by atoms with Gasteiger partial charge in [-0.15, -0.1) is 0 Å². The monoisotopic (exact) mass is 134 g/mol. The summed E-state index contributed by atoms with van der Waals surface area (Å²) >= 11 is 6.58. The summed E-state index contributed by atoms with van der Waals surface area (Å²) in [5.74, 6) is 0. The molecule has 0 bridgehead atoms. The minimum absolute atomic E-state index is 0.269. The van der Waals surface area contributed by atoms with E-state index in [1.807, 2.05) is 0 Å². The Hall–Kier alpha value is -0.210. The van der Waals surface area contributed by atoms with Gasteiger partial charge in [0, 0.05) is 0 Å². The minimum atomic E-state index is 0.269. The van der Waals surface area contributed by atoms with E-state index in [0.717, 1.165) is 11.3 Å². The van der Waals surface area contributed by atoms with Gasteiger partial charge in [0.15, 0.2) is 5.06 Å². The average Bonchev–Trinajstić information content (AvgIpc) is 1.87. The van der Waals surface area contributed by atoms with Gasteiger partial charge in [0.1, 0.15) is 0 Å². The molecule has 0 radical (unpaired) electrons. The molecule has 0 aliphatic heterocycles. The average molecular weight is 135 g/mol. The van der Waals surface area contributed by atoms with E-state index in [2.05, 4.69) is 0 Å². The van der Waals surface area contributed by atoms with Crippen molar-refractivity contribution in [2.75, 3.05) is 0 Å². The zero-order valence-corrected chi connectivity index (χ0v) is 4.96. The van der Waals surface area contributed by atoms with Crippen molar-refractivity contribution in [3.8, 4) is 5.06 Å². The predicted octanol–water partition coefficient (Wildman–Crippen LogP) is 2.11. The lowest BCUT2D eigenvalue weighted by Crippen LogP contribution is -1.35. The van der Waals surface area contributed by atoms with Gasteiger partial charge in [-0.05, 0) is 12.1 Å². The lowest BCUT2D eigenvalue weighted by Gasteiger charge is -1.70. The van der Waals surface area contributed by atoms with Crippen molar-refractivity contribution in [3.05, 3.63) is 16.5 Å². The topological polar surface area (TPSA) is 20.2 Å². The van der Waals surface area contributed by atoms with Crippen LogP contribution in [-0.2, 0) is 0 Å². The second kappa shape index (κ2) is 1.72. The molecule has 1 nitrogen and oxygen atoms in total. The van der Waals surface area contributed by atoms with E-state index in [4.69, 9.17) is 16.7 Å². The van der Waals surface area contributed by atoms with Crippen LogP contribution in [0.5, 0.6) is 5.06 Å². The van der Waals surface area contributed by atoms with Crippen LogP contribution in [0.2, 0.25) is 4.34 Å². The summed E-state index contributed by atoms with van der Waals surface area (Å²) in [4.78, 5) is 0. The van der Waals surface area contributed by atoms with Crippen LogP contribution in [0.25, 0.3) is 0 Å². The van der Waals surface area contributed by atoms with Crippen molar-refractivity contribution < 1.29 is 5.11 Å². The Labute approximate surface area is 50.2 Å². The zero-order valence-electron chi connectivity index (χ0n) is 3.39. The fourth-order valence-corrected chi connectivity index (χ4v) is 1.08. The van der Waals surface area contributed by atoms with Gasteiger partial charge in [0.25, 0.3) is 0 Å². The molecule has 3 heteroatoms. The Morgan fingerprint density at radius 1 is 1.57 bits per heavy atom. The molecule has 38 valence electrons. The van der Waals surface area contributed by atoms with E-state index in [1.54, 1.807) is 12.1 Å². The second-order valence-electron chi connectivity index (χ2n) is 1.08. The summed E-state index contributed by atoms with van der Waals surface area (Å²) in [6.07, 6.45) is 0. The largest absolute Gasteiger partial charge is 0.499 e. The van der Waals surface area contributed by atoms with Gasteiger partial charge >= 0.3 is 0 Å². The summed E-state index contributed by atoms with van der Waals surface area (Å²) in [6.45, 7) is 0. The molecule has 0 aliphatic rings. The number of hydrogen-bond acceptors (Lipinski definition) is 2. The van der Waals surface area contributed by atoms with E-state index >= 15 is 0 Å². The lowest BCUT2D eigenvalue weighted by atomic mass is 10.7. The highest BCUT2D eigenvalue weighted by atomic mass is 35.5. The summed E-state index contributed by atoms with van der Waals surface area (Å²) in [5, 5.41) is 8.86. The predicted molar refractivity (Wildman–Crippen MR) is 31.0 cm³/mol. The Kier molecular flexibility index (Phi) is 1.21. The molecule has 1 N–H and O–H groups in total. The highest BCUT2D eigenvalue weighted by Crippen LogP contribution is 2.26.